The second-order valence-electron chi connectivity index (χ2n) is 3.82. The molecule has 0 saturated carbocycles. The standard InChI is InChI=1S/C13H10ClN3/c14-11-5-2-6-17-12(11)8-16-13(17)9-3-1-4-10(15)7-9/h1-8H,15H2. The fraction of sp³-hybridized carbons (Fsp3) is 0. The first-order chi connectivity index (χ1) is 8.25. The van der Waals surface area contributed by atoms with Crippen molar-refractivity contribution in [3.05, 3.63) is 53.8 Å². The number of rotatable bonds is 1. The number of nitrogens with two attached hydrogens (primary N) is 1. The van der Waals surface area contributed by atoms with Gasteiger partial charge in [-0.2, -0.15) is 0 Å². The van der Waals surface area contributed by atoms with E-state index in [1.807, 2.05) is 47.0 Å². The van der Waals surface area contributed by atoms with Crippen LogP contribution in [0.5, 0.6) is 0 Å². The molecule has 0 atom stereocenters. The van der Waals surface area contributed by atoms with Crippen molar-refractivity contribution in [2.75, 3.05) is 5.73 Å². The van der Waals surface area contributed by atoms with Crippen molar-refractivity contribution in [3.8, 4) is 11.4 Å². The number of imidazole rings is 1. The number of fused-ring (bicyclic) bond motifs is 1. The molecule has 3 rings (SSSR count). The van der Waals surface area contributed by atoms with Crippen molar-refractivity contribution in [1.82, 2.24) is 9.38 Å². The Kier molecular flexibility index (Phi) is 2.27. The number of hydrogen-bond donors (Lipinski definition) is 1. The van der Waals surface area contributed by atoms with E-state index >= 15 is 0 Å². The van der Waals surface area contributed by atoms with Crippen LogP contribution in [0.25, 0.3) is 16.9 Å². The molecular formula is C13H10ClN3. The van der Waals surface area contributed by atoms with Gasteiger partial charge in [-0.3, -0.25) is 4.40 Å². The molecule has 0 aliphatic heterocycles. The molecule has 2 N–H and O–H groups in total. The maximum atomic E-state index is 6.10. The van der Waals surface area contributed by atoms with Gasteiger partial charge in [0, 0.05) is 17.4 Å². The molecule has 0 fully saturated rings. The first kappa shape index (κ1) is 10.2. The Hall–Kier alpha value is -2.00. The molecule has 3 aromatic rings. The summed E-state index contributed by atoms with van der Waals surface area (Å²) < 4.78 is 1.96. The van der Waals surface area contributed by atoms with Gasteiger partial charge in [0.2, 0.25) is 0 Å². The molecule has 2 aromatic heterocycles. The van der Waals surface area contributed by atoms with E-state index in [0.29, 0.717) is 5.02 Å². The minimum absolute atomic E-state index is 0.690. The van der Waals surface area contributed by atoms with Gasteiger partial charge in [0.05, 0.1) is 16.7 Å². The highest BCUT2D eigenvalue weighted by molar-refractivity contribution is 6.33. The average molecular weight is 244 g/mol. The predicted molar refractivity (Wildman–Crippen MR) is 70.1 cm³/mol. The van der Waals surface area contributed by atoms with E-state index in [-0.39, 0.29) is 0 Å². The SMILES string of the molecule is Nc1cccc(-c2ncc3c(Cl)cccn23)c1. The summed E-state index contributed by atoms with van der Waals surface area (Å²) in [5.74, 6) is 0.842. The molecule has 0 amide bonds. The highest BCUT2D eigenvalue weighted by Crippen LogP contribution is 2.24. The van der Waals surface area contributed by atoms with Gasteiger partial charge in [-0.15, -0.1) is 0 Å². The lowest BCUT2D eigenvalue weighted by Gasteiger charge is -2.03. The minimum atomic E-state index is 0.690. The molecular weight excluding hydrogens is 234 g/mol. The molecule has 1 aromatic carbocycles. The molecule has 0 radical (unpaired) electrons. The van der Waals surface area contributed by atoms with Gasteiger partial charge >= 0.3 is 0 Å². The molecule has 0 aliphatic carbocycles. The van der Waals surface area contributed by atoms with Crippen LogP contribution in [-0.2, 0) is 0 Å². The topological polar surface area (TPSA) is 43.3 Å². The molecule has 3 nitrogen and oxygen atoms in total. The quantitative estimate of drug-likeness (QED) is 0.667. The zero-order chi connectivity index (χ0) is 11.8. The molecule has 0 bridgehead atoms. The first-order valence-corrected chi connectivity index (χ1v) is 5.61. The second kappa shape index (κ2) is 3.79. The van der Waals surface area contributed by atoms with Crippen LogP contribution < -0.4 is 5.73 Å². The fourth-order valence-electron chi connectivity index (χ4n) is 1.88. The lowest BCUT2D eigenvalue weighted by molar-refractivity contribution is 1.16. The predicted octanol–water partition coefficient (Wildman–Crippen LogP) is 3.24. The van der Waals surface area contributed by atoms with Gasteiger partial charge in [-0.1, -0.05) is 23.7 Å². The van der Waals surface area contributed by atoms with Crippen molar-refractivity contribution in [2.45, 2.75) is 0 Å². The first-order valence-electron chi connectivity index (χ1n) is 5.23. The van der Waals surface area contributed by atoms with Crippen LogP contribution >= 0.6 is 11.6 Å². The van der Waals surface area contributed by atoms with Crippen LogP contribution in [-0.4, -0.2) is 9.38 Å². The molecule has 17 heavy (non-hydrogen) atoms. The Balaban J connectivity index is 2.28. The fourth-order valence-corrected chi connectivity index (χ4v) is 2.09. The molecule has 0 saturated heterocycles. The van der Waals surface area contributed by atoms with E-state index in [0.717, 1.165) is 22.6 Å². The van der Waals surface area contributed by atoms with Crippen molar-refractivity contribution >= 4 is 22.8 Å². The van der Waals surface area contributed by atoms with Crippen LogP contribution in [0, 0.1) is 0 Å². The Morgan fingerprint density at radius 1 is 1.18 bits per heavy atom. The van der Waals surface area contributed by atoms with Gasteiger partial charge in [0.15, 0.2) is 0 Å². The second-order valence-corrected chi connectivity index (χ2v) is 4.23. The molecule has 0 spiro atoms. The van der Waals surface area contributed by atoms with Crippen molar-refractivity contribution in [2.24, 2.45) is 0 Å². The van der Waals surface area contributed by atoms with E-state index in [9.17, 15) is 0 Å². The Morgan fingerprint density at radius 2 is 2.06 bits per heavy atom. The normalized spacial score (nSPS) is 10.9. The van der Waals surface area contributed by atoms with E-state index < -0.39 is 0 Å². The van der Waals surface area contributed by atoms with Crippen LogP contribution in [0.4, 0.5) is 5.69 Å². The molecule has 2 heterocycles. The highest BCUT2D eigenvalue weighted by Gasteiger charge is 2.07. The summed E-state index contributed by atoms with van der Waals surface area (Å²) in [7, 11) is 0. The summed E-state index contributed by atoms with van der Waals surface area (Å²) in [4.78, 5) is 4.39. The van der Waals surface area contributed by atoms with Gasteiger partial charge in [-0.25, -0.2) is 4.98 Å². The maximum Gasteiger partial charge on any atom is 0.144 e. The van der Waals surface area contributed by atoms with Gasteiger partial charge in [0.1, 0.15) is 5.82 Å². The smallest absolute Gasteiger partial charge is 0.144 e. The van der Waals surface area contributed by atoms with Crippen LogP contribution in [0.15, 0.2) is 48.8 Å². The summed E-state index contributed by atoms with van der Waals surface area (Å²) in [5.41, 5.74) is 8.37. The third-order valence-electron chi connectivity index (χ3n) is 2.66. The van der Waals surface area contributed by atoms with Crippen LogP contribution in [0.1, 0.15) is 0 Å². The van der Waals surface area contributed by atoms with E-state index in [1.54, 1.807) is 6.20 Å². The summed E-state index contributed by atoms with van der Waals surface area (Å²) in [6, 6.07) is 11.4. The van der Waals surface area contributed by atoms with E-state index in [1.165, 1.54) is 0 Å². The van der Waals surface area contributed by atoms with Gasteiger partial charge < -0.3 is 5.73 Å². The molecule has 0 unspecified atom stereocenters. The molecule has 84 valence electrons. The van der Waals surface area contributed by atoms with Crippen LogP contribution in [0.2, 0.25) is 5.02 Å². The van der Waals surface area contributed by atoms with Gasteiger partial charge in [-0.05, 0) is 24.3 Å². The zero-order valence-corrected chi connectivity index (χ0v) is 9.72. The third-order valence-corrected chi connectivity index (χ3v) is 2.98. The summed E-state index contributed by atoms with van der Waals surface area (Å²) >= 11 is 6.10. The summed E-state index contributed by atoms with van der Waals surface area (Å²) in [6.07, 6.45) is 3.70. The molecule has 4 heteroatoms. The minimum Gasteiger partial charge on any atom is -0.399 e. The summed E-state index contributed by atoms with van der Waals surface area (Å²) in [6.45, 7) is 0. The Morgan fingerprint density at radius 3 is 2.88 bits per heavy atom. The number of halogens is 1. The average Bonchev–Trinajstić information content (AvgIpc) is 2.74. The number of pyridine rings is 1. The number of nitrogen functional groups attached to an aromatic ring is 1. The van der Waals surface area contributed by atoms with Crippen LogP contribution in [0.3, 0.4) is 0 Å². The largest absolute Gasteiger partial charge is 0.399 e. The number of hydrogen-bond acceptors (Lipinski definition) is 2. The van der Waals surface area contributed by atoms with E-state index in [2.05, 4.69) is 4.98 Å². The number of aromatic nitrogens is 2. The maximum absolute atomic E-state index is 6.10. The lowest BCUT2D eigenvalue weighted by atomic mass is 10.2. The lowest BCUT2D eigenvalue weighted by Crippen LogP contribution is -1.91. The summed E-state index contributed by atoms with van der Waals surface area (Å²) in [5, 5.41) is 0.690. The highest BCUT2D eigenvalue weighted by atomic mass is 35.5. The monoisotopic (exact) mass is 243 g/mol. The Bertz CT molecular complexity index is 688. The third kappa shape index (κ3) is 1.65. The number of benzene rings is 1. The molecule has 0 aliphatic rings. The van der Waals surface area contributed by atoms with E-state index in [4.69, 9.17) is 17.3 Å². The Labute approximate surface area is 103 Å². The number of nitrogens with zero attached hydrogens (tertiary/aromatic N) is 2. The van der Waals surface area contributed by atoms with Crippen molar-refractivity contribution in [3.63, 3.8) is 0 Å². The zero-order valence-electron chi connectivity index (χ0n) is 8.97. The van der Waals surface area contributed by atoms with Gasteiger partial charge in [0.25, 0.3) is 0 Å². The van der Waals surface area contributed by atoms with Crippen molar-refractivity contribution < 1.29 is 0 Å². The van der Waals surface area contributed by atoms with Crippen molar-refractivity contribution in [1.29, 1.82) is 0 Å². The number of anilines is 1.